The van der Waals surface area contributed by atoms with Crippen molar-refractivity contribution in [2.45, 2.75) is 111 Å². The minimum atomic E-state index is -1.28. The fourth-order valence-corrected chi connectivity index (χ4v) is 4.26. The molecule has 3 unspecified atom stereocenters. The highest BCUT2D eigenvalue weighted by atomic mass is 16.6. The van der Waals surface area contributed by atoms with Crippen LogP contribution >= 0.6 is 0 Å². The molecule has 0 saturated heterocycles. The van der Waals surface area contributed by atoms with E-state index in [1.165, 1.54) is 4.90 Å². The zero-order valence-corrected chi connectivity index (χ0v) is 23.8. The summed E-state index contributed by atoms with van der Waals surface area (Å²) in [6, 6.07) is 3.39. The lowest BCUT2D eigenvalue weighted by Gasteiger charge is -2.36. The number of unbranched alkanes of at least 4 members (excludes halogenated alkanes) is 1. The number of nitrogens with zero attached hydrogens (tertiary/aromatic N) is 1. The third-order valence-corrected chi connectivity index (χ3v) is 5.92. The Labute approximate surface area is 221 Å². The van der Waals surface area contributed by atoms with Gasteiger partial charge in [0, 0.05) is 12.6 Å². The van der Waals surface area contributed by atoms with E-state index in [1.54, 1.807) is 20.8 Å². The number of rotatable bonds is 13. The molecule has 0 aliphatic rings. The molecule has 9 heteroatoms. The number of nitrogens with two attached hydrogens (primary N) is 1. The van der Waals surface area contributed by atoms with E-state index in [0.717, 1.165) is 36.0 Å². The zero-order chi connectivity index (χ0) is 28.3. The van der Waals surface area contributed by atoms with Gasteiger partial charge in [-0.25, -0.2) is 4.79 Å². The van der Waals surface area contributed by atoms with Crippen molar-refractivity contribution in [2.24, 2.45) is 5.73 Å². The molecule has 0 bridgehead atoms. The number of hydrogen-bond donors (Lipinski definition) is 3. The van der Waals surface area contributed by atoms with Crippen molar-refractivity contribution in [1.29, 1.82) is 0 Å². The average Bonchev–Trinajstić information content (AvgIpc) is 2.75. The second-order valence-corrected chi connectivity index (χ2v) is 10.7. The third kappa shape index (κ3) is 10.4. The van der Waals surface area contributed by atoms with Crippen LogP contribution in [0.25, 0.3) is 0 Å². The molecule has 0 radical (unpaired) electrons. The van der Waals surface area contributed by atoms with E-state index < -0.39 is 42.0 Å². The average molecular weight is 519 g/mol. The largest absolute Gasteiger partial charge is 0.444 e. The highest BCUT2D eigenvalue weighted by molar-refractivity contribution is 5.94. The quantitative estimate of drug-likeness (QED) is 0.363. The molecule has 37 heavy (non-hydrogen) atoms. The fraction of sp³-hybridized carbons (Fsp3) is 0.643. The molecule has 208 valence electrons. The van der Waals surface area contributed by atoms with Gasteiger partial charge in [-0.1, -0.05) is 44.9 Å². The minimum absolute atomic E-state index is 0.0891. The van der Waals surface area contributed by atoms with Gasteiger partial charge >= 0.3 is 6.09 Å². The lowest BCUT2D eigenvalue weighted by atomic mass is 9.93. The molecule has 9 nitrogen and oxygen atoms in total. The Morgan fingerprint density at radius 1 is 1.03 bits per heavy atom. The van der Waals surface area contributed by atoms with Crippen molar-refractivity contribution in [2.75, 3.05) is 6.54 Å². The fourth-order valence-electron chi connectivity index (χ4n) is 4.26. The van der Waals surface area contributed by atoms with Gasteiger partial charge in [0.1, 0.15) is 17.7 Å². The molecule has 3 atom stereocenters. The Hall–Kier alpha value is -3.10. The smallest absolute Gasteiger partial charge is 0.408 e. The van der Waals surface area contributed by atoms with Crippen LogP contribution in [0.15, 0.2) is 18.2 Å². The maximum atomic E-state index is 14.0. The standard InChI is InChI=1S/C28H46N4O5/c1-9-11-16-32(26(35)21(17-22(29)33)31-27(36)37-28(6,7)8)24(25(34)30-20(5)13-10-2)23-18(3)14-12-15-19(23)4/h12,14-15,20-21,24H,9-11,13,16-17H2,1-8H3,(H2,29,33)(H,30,34)(H,31,36). The summed E-state index contributed by atoms with van der Waals surface area (Å²) < 4.78 is 5.32. The Bertz CT molecular complexity index is 921. The van der Waals surface area contributed by atoms with Gasteiger partial charge in [-0.05, 0) is 71.1 Å². The molecule has 1 aromatic rings. The van der Waals surface area contributed by atoms with Gasteiger partial charge in [0.2, 0.25) is 17.7 Å². The predicted octanol–water partition coefficient (Wildman–Crippen LogP) is 4.05. The second kappa shape index (κ2) is 14.6. The first-order chi connectivity index (χ1) is 17.2. The Morgan fingerprint density at radius 3 is 2.11 bits per heavy atom. The molecule has 0 aliphatic carbocycles. The van der Waals surface area contributed by atoms with Crippen LogP contribution in [0.2, 0.25) is 0 Å². The van der Waals surface area contributed by atoms with Gasteiger partial charge in [-0.2, -0.15) is 0 Å². The van der Waals surface area contributed by atoms with E-state index in [4.69, 9.17) is 10.5 Å². The van der Waals surface area contributed by atoms with E-state index in [0.29, 0.717) is 6.42 Å². The van der Waals surface area contributed by atoms with Gasteiger partial charge in [0.05, 0.1) is 6.42 Å². The summed E-state index contributed by atoms with van der Waals surface area (Å²) in [5.41, 5.74) is 7.10. The lowest BCUT2D eigenvalue weighted by molar-refractivity contribution is -0.143. The number of ether oxygens (including phenoxy) is 1. The molecule has 0 spiro atoms. The summed E-state index contributed by atoms with van der Waals surface area (Å²) >= 11 is 0. The number of aryl methyl sites for hydroxylation is 2. The molecule has 0 saturated carbocycles. The van der Waals surface area contributed by atoms with E-state index in [9.17, 15) is 19.2 Å². The number of amides is 4. The van der Waals surface area contributed by atoms with Crippen molar-refractivity contribution in [1.82, 2.24) is 15.5 Å². The number of nitrogens with one attached hydrogen (secondary N) is 2. The van der Waals surface area contributed by atoms with Crippen LogP contribution < -0.4 is 16.4 Å². The molecule has 0 aromatic heterocycles. The Kier molecular flexibility index (Phi) is 12.6. The van der Waals surface area contributed by atoms with E-state index in [2.05, 4.69) is 10.6 Å². The number of benzene rings is 1. The van der Waals surface area contributed by atoms with Gasteiger partial charge in [-0.15, -0.1) is 0 Å². The maximum Gasteiger partial charge on any atom is 0.408 e. The highest BCUT2D eigenvalue weighted by Crippen LogP contribution is 2.29. The van der Waals surface area contributed by atoms with E-state index in [1.807, 2.05) is 52.8 Å². The molecule has 4 N–H and O–H groups in total. The monoisotopic (exact) mass is 518 g/mol. The first-order valence-electron chi connectivity index (χ1n) is 13.2. The Balaban J connectivity index is 3.59. The summed E-state index contributed by atoms with van der Waals surface area (Å²) in [6.45, 7) is 15.1. The van der Waals surface area contributed by atoms with Gasteiger partial charge in [-0.3, -0.25) is 14.4 Å². The van der Waals surface area contributed by atoms with Crippen molar-refractivity contribution >= 4 is 23.8 Å². The summed E-state index contributed by atoms with van der Waals surface area (Å²) in [4.78, 5) is 53.7. The number of primary amides is 1. The van der Waals surface area contributed by atoms with Crippen molar-refractivity contribution in [3.63, 3.8) is 0 Å². The summed E-state index contributed by atoms with van der Waals surface area (Å²) in [6.07, 6.45) is 1.83. The number of alkyl carbamates (subject to hydrolysis) is 1. The molecule has 0 heterocycles. The van der Waals surface area contributed by atoms with E-state index in [-0.39, 0.29) is 18.5 Å². The molecule has 0 aliphatic heterocycles. The summed E-state index contributed by atoms with van der Waals surface area (Å²) in [7, 11) is 0. The number of carbonyl (C=O) groups is 4. The van der Waals surface area contributed by atoms with Gasteiger partial charge in [0.15, 0.2) is 0 Å². The molecule has 0 fully saturated rings. The van der Waals surface area contributed by atoms with Crippen LogP contribution in [-0.4, -0.2) is 52.9 Å². The van der Waals surface area contributed by atoms with Crippen LogP contribution in [0.4, 0.5) is 4.79 Å². The molecular weight excluding hydrogens is 472 g/mol. The molecule has 4 amide bonds. The third-order valence-electron chi connectivity index (χ3n) is 5.92. The van der Waals surface area contributed by atoms with Crippen LogP contribution in [0.3, 0.4) is 0 Å². The summed E-state index contributed by atoms with van der Waals surface area (Å²) in [5.74, 6) is -1.63. The van der Waals surface area contributed by atoms with Crippen LogP contribution in [0.5, 0.6) is 0 Å². The van der Waals surface area contributed by atoms with Crippen LogP contribution in [0, 0.1) is 13.8 Å². The number of hydrogen-bond acceptors (Lipinski definition) is 5. The SMILES string of the molecule is CCCCN(C(=O)C(CC(N)=O)NC(=O)OC(C)(C)C)C(C(=O)NC(C)CCC)c1c(C)cccc1C. The van der Waals surface area contributed by atoms with Crippen LogP contribution in [-0.2, 0) is 19.1 Å². The first kappa shape index (κ1) is 31.9. The van der Waals surface area contributed by atoms with Crippen molar-refractivity contribution in [3.05, 3.63) is 34.9 Å². The molecule has 1 rings (SSSR count). The van der Waals surface area contributed by atoms with Crippen molar-refractivity contribution < 1.29 is 23.9 Å². The predicted molar refractivity (Wildman–Crippen MR) is 145 cm³/mol. The normalized spacial score (nSPS) is 13.7. The number of carbonyl (C=O) groups excluding carboxylic acids is 4. The first-order valence-corrected chi connectivity index (χ1v) is 13.2. The second-order valence-electron chi connectivity index (χ2n) is 10.7. The van der Waals surface area contributed by atoms with Crippen molar-refractivity contribution in [3.8, 4) is 0 Å². The molecular formula is C28H46N4O5. The zero-order valence-electron chi connectivity index (χ0n) is 23.8. The van der Waals surface area contributed by atoms with Gasteiger partial charge < -0.3 is 26.0 Å². The van der Waals surface area contributed by atoms with Gasteiger partial charge in [0.25, 0.3) is 0 Å². The lowest BCUT2D eigenvalue weighted by Crippen LogP contribution is -2.55. The van der Waals surface area contributed by atoms with Crippen LogP contribution in [0.1, 0.15) is 96.4 Å². The van der Waals surface area contributed by atoms with E-state index >= 15 is 0 Å². The maximum absolute atomic E-state index is 14.0. The highest BCUT2D eigenvalue weighted by Gasteiger charge is 2.38. The molecule has 1 aromatic carbocycles. The minimum Gasteiger partial charge on any atom is -0.444 e. The summed E-state index contributed by atoms with van der Waals surface area (Å²) in [5, 5.41) is 5.57. The Morgan fingerprint density at radius 2 is 1.62 bits per heavy atom. The topological polar surface area (TPSA) is 131 Å².